The summed E-state index contributed by atoms with van der Waals surface area (Å²) in [5.74, 6) is 2.32. The van der Waals surface area contributed by atoms with Crippen molar-refractivity contribution in [3.63, 3.8) is 0 Å². The third-order valence-corrected chi connectivity index (χ3v) is 7.88. The highest BCUT2D eigenvalue weighted by molar-refractivity contribution is 7.09. The van der Waals surface area contributed by atoms with E-state index < -0.39 is 0 Å². The van der Waals surface area contributed by atoms with Crippen LogP contribution in [0, 0.1) is 23.7 Å². The Morgan fingerprint density at radius 2 is 1.92 bits per heavy atom. The van der Waals surface area contributed by atoms with Crippen molar-refractivity contribution in [3.8, 4) is 0 Å². The maximum absolute atomic E-state index is 12.7. The van der Waals surface area contributed by atoms with Gasteiger partial charge in [-0.25, -0.2) is 0 Å². The van der Waals surface area contributed by atoms with Gasteiger partial charge in [-0.1, -0.05) is 12.5 Å². The first-order valence-electron chi connectivity index (χ1n) is 10.5. The smallest absolute Gasteiger partial charge is 0.223 e. The molecule has 4 rings (SSSR count). The number of carbonyl (C=O) groups excluding carboxylic acids is 1. The molecule has 0 radical (unpaired) electrons. The van der Waals surface area contributed by atoms with Gasteiger partial charge in [0.15, 0.2) is 0 Å². The standard InChI is InChI=1S/C21H33N3OS/c22-20-16-3-1-4-17(20)12-18(11-16)21(25)23-13-15-6-8-24(9-7-15)14-19-5-2-10-26-19/h2,5,10,15-18,20H,1,3-4,6-9,11-14,22H2,(H,23,25). The van der Waals surface area contributed by atoms with E-state index in [0.717, 1.165) is 39.0 Å². The highest BCUT2D eigenvalue weighted by Crippen LogP contribution is 2.41. The molecule has 4 nitrogen and oxygen atoms in total. The molecular formula is C21H33N3OS. The van der Waals surface area contributed by atoms with Crippen LogP contribution in [0.2, 0.25) is 0 Å². The number of fused-ring (bicyclic) bond motifs is 2. The van der Waals surface area contributed by atoms with Crippen LogP contribution in [0.15, 0.2) is 17.5 Å². The minimum atomic E-state index is 0.212. The second-order valence-corrected chi connectivity index (χ2v) is 9.77. The number of piperidine rings is 1. The Balaban J connectivity index is 1.18. The third-order valence-electron chi connectivity index (χ3n) is 7.02. The average molecular weight is 376 g/mol. The van der Waals surface area contributed by atoms with E-state index >= 15 is 0 Å². The Bertz CT molecular complexity index is 568. The number of thiophene rings is 1. The van der Waals surface area contributed by atoms with Crippen LogP contribution in [0.1, 0.15) is 49.8 Å². The molecule has 1 aromatic heterocycles. The molecule has 3 aliphatic rings. The van der Waals surface area contributed by atoms with Gasteiger partial charge in [-0.3, -0.25) is 9.69 Å². The van der Waals surface area contributed by atoms with Crippen LogP contribution in [0.5, 0.6) is 0 Å². The minimum absolute atomic E-state index is 0.212. The van der Waals surface area contributed by atoms with Crippen molar-refractivity contribution in [2.45, 2.75) is 57.5 Å². The molecule has 1 aliphatic heterocycles. The van der Waals surface area contributed by atoms with Crippen LogP contribution in [-0.4, -0.2) is 36.5 Å². The lowest BCUT2D eigenvalue weighted by atomic mass is 9.65. The largest absolute Gasteiger partial charge is 0.356 e. The molecule has 2 unspecified atom stereocenters. The Labute approximate surface area is 161 Å². The lowest BCUT2D eigenvalue weighted by Gasteiger charge is -2.43. The minimum Gasteiger partial charge on any atom is -0.356 e. The summed E-state index contributed by atoms with van der Waals surface area (Å²) < 4.78 is 0. The van der Waals surface area contributed by atoms with Crippen molar-refractivity contribution in [1.82, 2.24) is 10.2 Å². The summed E-state index contributed by atoms with van der Waals surface area (Å²) in [7, 11) is 0. The van der Waals surface area contributed by atoms with E-state index in [4.69, 9.17) is 5.73 Å². The summed E-state index contributed by atoms with van der Waals surface area (Å²) in [6.45, 7) is 4.26. The monoisotopic (exact) mass is 375 g/mol. The zero-order valence-electron chi connectivity index (χ0n) is 15.7. The van der Waals surface area contributed by atoms with Crippen molar-refractivity contribution in [2.24, 2.45) is 29.4 Å². The van der Waals surface area contributed by atoms with Gasteiger partial charge in [0.25, 0.3) is 0 Å². The quantitative estimate of drug-likeness (QED) is 0.831. The summed E-state index contributed by atoms with van der Waals surface area (Å²) in [4.78, 5) is 16.7. The second-order valence-electron chi connectivity index (χ2n) is 8.74. The molecule has 1 amide bonds. The number of nitrogens with zero attached hydrogens (tertiary/aromatic N) is 1. The van der Waals surface area contributed by atoms with Gasteiger partial charge >= 0.3 is 0 Å². The zero-order chi connectivity index (χ0) is 17.9. The van der Waals surface area contributed by atoms with Gasteiger partial charge in [0, 0.05) is 29.9 Å². The number of likely N-dealkylation sites (tertiary alicyclic amines) is 1. The summed E-state index contributed by atoms with van der Waals surface area (Å²) in [5.41, 5.74) is 6.36. The van der Waals surface area contributed by atoms with E-state index in [1.54, 1.807) is 0 Å². The van der Waals surface area contributed by atoms with Crippen LogP contribution in [0.3, 0.4) is 0 Å². The number of amides is 1. The van der Waals surface area contributed by atoms with Crippen LogP contribution in [0.4, 0.5) is 0 Å². The van der Waals surface area contributed by atoms with E-state index in [2.05, 4.69) is 27.7 Å². The Morgan fingerprint density at radius 3 is 2.58 bits per heavy atom. The molecule has 0 aromatic carbocycles. The molecule has 2 heterocycles. The number of hydrogen-bond acceptors (Lipinski definition) is 4. The normalized spacial score (nSPS) is 33.1. The molecule has 1 aromatic rings. The van der Waals surface area contributed by atoms with Gasteiger partial charge in [-0.05, 0) is 80.8 Å². The van der Waals surface area contributed by atoms with Gasteiger partial charge in [0.1, 0.15) is 0 Å². The van der Waals surface area contributed by atoms with Crippen molar-refractivity contribution < 1.29 is 4.79 Å². The first kappa shape index (κ1) is 18.5. The molecule has 5 heteroatoms. The van der Waals surface area contributed by atoms with Gasteiger partial charge in [0.05, 0.1) is 0 Å². The van der Waals surface area contributed by atoms with Crippen molar-refractivity contribution in [3.05, 3.63) is 22.4 Å². The predicted octanol–water partition coefficient (Wildman–Crippen LogP) is 3.23. The molecule has 1 saturated heterocycles. The fraction of sp³-hybridized carbons (Fsp3) is 0.762. The van der Waals surface area contributed by atoms with Gasteiger partial charge in [-0.2, -0.15) is 0 Å². The highest BCUT2D eigenvalue weighted by atomic mass is 32.1. The molecule has 2 aliphatic carbocycles. The van der Waals surface area contributed by atoms with Crippen molar-refractivity contribution in [2.75, 3.05) is 19.6 Å². The Hall–Kier alpha value is -0.910. The van der Waals surface area contributed by atoms with Crippen LogP contribution < -0.4 is 11.1 Å². The fourth-order valence-electron chi connectivity index (χ4n) is 5.36. The molecule has 2 bridgehead atoms. The molecule has 3 fully saturated rings. The summed E-state index contributed by atoms with van der Waals surface area (Å²) in [5, 5.41) is 5.45. The van der Waals surface area contributed by atoms with Gasteiger partial charge in [0.2, 0.25) is 5.91 Å². The zero-order valence-corrected chi connectivity index (χ0v) is 16.6. The SMILES string of the molecule is NC1C2CCCC1CC(C(=O)NCC1CCN(Cc3cccs3)CC1)C2. The van der Waals surface area contributed by atoms with Crippen LogP contribution >= 0.6 is 11.3 Å². The van der Waals surface area contributed by atoms with Gasteiger partial charge in [-0.15, -0.1) is 11.3 Å². The molecule has 2 atom stereocenters. The van der Waals surface area contributed by atoms with Crippen molar-refractivity contribution >= 4 is 17.2 Å². The van der Waals surface area contributed by atoms with E-state index in [1.165, 1.54) is 37.0 Å². The summed E-state index contributed by atoms with van der Waals surface area (Å²) >= 11 is 1.85. The van der Waals surface area contributed by atoms with Crippen molar-refractivity contribution in [1.29, 1.82) is 0 Å². The molecule has 0 spiro atoms. The first-order valence-corrected chi connectivity index (χ1v) is 11.3. The van der Waals surface area contributed by atoms with E-state index in [-0.39, 0.29) is 5.92 Å². The lowest BCUT2D eigenvalue weighted by Crippen LogP contribution is -2.49. The number of rotatable bonds is 5. The first-order chi connectivity index (χ1) is 12.7. The van der Waals surface area contributed by atoms with Crippen LogP contribution in [0.25, 0.3) is 0 Å². The third kappa shape index (κ3) is 4.32. The Morgan fingerprint density at radius 1 is 1.19 bits per heavy atom. The molecule has 144 valence electrons. The molecule has 3 N–H and O–H groups in total. The topological polar surface area (TPSA) is 58.4 Å². The van der Waals surface area contributed by atoms with E-state index in [1.807, 2.05) is 11.3 Å². The maximum atomic E-state index is 12.7. The molecule has 2 saturated carbocycles. The molecular weight excluding hydrogens is 342 g/mol. The number of nitrogens with one attached hydrogen (secondary N) is 1. The number of nitrogens with two attached hydrogens (primary N) is 1. The molecule has 26 heavy (non-hydrogen) atoms. The van der Waals surface area contributed by atoms with Gasteiger partial charge < -0.3 is 11.1 Å². The highest BCUT2D eigenvalue weighted by Gasteiger charge is 2.40. The second kappa shape index (κ2) is 8.41. The number of hydrogen-bond donors (Lipinski definition) is 2. The lowest BCUT2D eigenvalue weighted by molar-refractivity contribution is -0.128. The van der Waals surface area contributed by atoms with E-state index in [9.17, 15) is 4.79 Å². The maximum Gasteiger partial charge on any atom is 0.223 e. The van der Waals surface area contributed by atoms with E-state index in [0.29, 0.717) is 29.7 Å². The fourth-order valence-corrected chi connectivity index (χ4v) is 6.11. The van der Waals surface area contributed by atoms with Crippen LogP contribution in [-0.2, 0) is 11.3 Å². The summed E-state index contributed by atoms with van der Waals surface area (Å²) in [6, 6.07) is 4.71. The predicted molar refractivity (Wildman–Crippen MR) is 107 cm³/mol. The average Bonchev–Trinajstić information content (AvgIpc) is 3.14. The Kier molecular flexibility index (Phi) is 5.97. The number of carbonyl (C=O) groups is 1. The summed E-state index contributed by atoms with van der Waals surface area (Å²) in [6.07, 6.45) is 8.19.